The topological polar surface area (TPSA) is 51.1 Å². The summed E-state index contributed by atoms with van der Waals surface area (Å²) in [6.45, 7) is 7.94. The molecule has 0 saturated carbocycles. The van der Waals surface area contributed by atoms with Gasteiger partial charge in [-0.25, -0.2) is 0 Å². The minimum Gasteiger partial charge on any atom is -0.319 e. The fourth-order valence-corrected chi connectivity index (χ4v) is 3.17. The Hall–Kier alpha value is -3.14. The molecular formula is C22H22N2O2. The lowest BCUT2D eigenvalue weighted by Crippen LogP contribution is -2.23. The number of aromatic nitrogens is 1. The zero-order valence-corrected chi connectivity index (χ0v) is 15.5. The molecule has 0 unspecified atom stereocenters. The maximum absolute atomic E-state index is 12.7. The molecule has 3 rings (SSSR count). The quantitative estimate of drug-likeness (QED) is 0.557. The molecule has 1 heterocycles. The van der Waals surface area contributed by atoms with Gasteiger partial charge in [0.25, 0.3) is 11.7 Å². The van der Waals surface area contributed by atoms with Crippen LogP contribution in [0.2, 0.25) is 0 Å². The van der Waals surface area contributed by atoms with E-state index >= 15 is 0 Å². The number of aryl methyl sites for hydroxylation is 2. The molecule has 2 aromatic carbocycles. The first-order valence-corrected chi connectivity index (χ1v) is 8.56. The normalized spacial score (nSPS) is 10.6. The lowest BCUT2D eigenvalue weighted by molar-refractivity contribution is -0.112. The second kappa shape index (κ2) is 7.00. The van der Waals surface area contributed by atoms with Crippen molar-refractivity contribution in [2.75, 3.05) is 5.32 Å². The third kappa shape index (κ3) is 3.18. The van der Waals surface area contributed by atoms with E-state index in [0.717, 1.165) is 22.6 Å². The Bertz CT molecular complexity index is 985. The molecule has 0 atom stereocenters. The molecule has 0 aliphatic heterocycles. The molecule has 132 valence electrons. The molecule has 1 amide bonds. The summed E-state index contributed by atoms with van der Waals surface area (Å²) in [5.74, 6) is -1.16. The zero-order chi connectivity index (χ0) is 18.8. The van der Waals surface area contributed by atoms with E-state index in [4.69, 9.17) is 0 Å². The summed E-state index contributed by atoms with van der Waals surface area (Å²) in [5.41, 5.74) is 6.09. The maximum Gasteiger partial charge on any atom is 0.296 e. The van der Waals surface area contributed by atoms with Crippen molar-refractivity contribution in [2.24, 2.45) is 0 Å². The van der Waals surface area contributed by atoms with Gasteiger partial charge in [-0.05, 0) is 63.1 Å². The molecule has 1 aromatic heterocycles. The van der Waals surface area contributed by atoms with Crippen molar-refractivity contribution in [3.8, 4) is 5.69 Å². The first kappa shape index (κ1) is 17.7. The molecule has 0 saturated heterocycles. The van der Waals surface area contributed by atoms with E-state index in [-0.39, 0.29) is 0 Å². The second-order valence-corrected chi connectivity index (χ2v) is 6.49. The highest BCUT2D eigenvalue weighted by atomic mass is 16.2. The Labute approximate surface area is 153 Å². The average Bonchev–Trinajstić information content (AvgIpc) is 2.92. The SMILES string of the molecule is Cc1cccc(-n2c(C)cc(C(=O)C(=O)Nc3ccccc3)c2C)c1C. The Morgan fingerprint density at radius 2 is 1.58 bits per heavy atom. The number of hydrogen-bond acceptors (Lipinski definition) is 2. The highest BCUT2D eigenvalue weighted by Crippen LogP contribution is 2.25. The van der Waals surface area contributed by atoms with Crippen LogP contribution in [0.5, 0.6) is 0 Å². The van der Waals surface area contributed by atoms with Crippen LogP contribution >= 0.6 is 0 Å². The number of Topliss-reactive ketones (excluding diaryl/α,β-unsaturated/α-hetero) is 1. The van der Waals surface area contributed by atoms with Gasteiger partial charge < -0.3 is 9.88 Å². The largest absolute Gasteiger partial charge is 0.319 e. The summed E-state index contributed by atoms with van der Waals surface area (Å²) in [5, 5.41) is 2.66. The van der Waals surface area contributed by atoms with Crippen molar-refractivity contribution in [1.82, 2.24) is 4.57 Å². The van der Waals surface area contributed by atoms with Crippen molar-refractivity contribution >= 4 is 17.4 Å². The first-order chi connectivity index (χ1) is 12.4. The van der Waals surface area contributed by atoms with Gasteiger partial charge in [0.1, 0.15) is 0 Å². The van der Waals surface area contributed by atoms with Crippen molar-refractivity contribution in [2.45, 2.75) is 27.7 Å². The zero-order valence-electron chi connectivity index (χ0n) is 15.5. The van der Waals surface area contributed by atoms with E-state index in [1.165, 1.54) is 5.56 Å². The molecule has 4 nitrogen and oxygen atoms in total. The molecule has 0 aliphatic carbocycles. The predicted octanol–water partition coefficient (Wildman–Crippen LogP) is 4.53. The third-order valence-corrected chi connectivity index (χ3v) is 4.73. The number of carbonyl (C=O) groups excluding carboxylic acids is 2. The van der Waals surface area contributed by atoms with Crippen LogP contribution in [0.3, 0.4) is 0 Å². The van der Waals surface area contributed by atoms with Crippen LogP contribution in [0.1, 0.15) is 32.9 Å². The number of ketones is 1. The molecule has 4 heteroatoms. The smallest absolute Gasteiger partial charge is 0.296 e. The molecule has 0 spiro atoms. The minimum atomic E-state index is -0.627. The molecule has 0 fully saturated rings. The van der Waals surface area contributed by atoms with E-state index in [9.17, 15) is 9.59 Å². The van der Waals surface area contributed by atoms with Crippen molar-refractivity contribution in [3.63, 3.8) is 0 Å². The third-order valence-electron chi connectivity index (χ3n) is 4.73. The fraction of sp³-hybridized carbons (Fsp3) is 0.182. The van der Waals surface area contributed by atoms with Gasteiger partial charge in [-0.3, -0.25) is 9.59 Å². The summed E-state index contributed by atoms with van der Waals surface area (Å²) in [6.07, 6.45) is 0. The average molecular weight is 346 g/mol. The summed E-state index contributed by atoms with van der Waals surface area (Å²) >= 11 is 0. The molecule has 26 heavy (non-hydrogen) atoms. The summed E-state index contributed by atoms with van der Waals surface area (Å²) in [7, 11) is 0. The molecular weight excluding hydrogens is 324 g/mol. The number of carbonyl (C=O) groups is 2. The number of hydrogen-bond donors (Lipinski definition) is 1. The summed E-state index contributed by atoms with van der Waals surface area (Å²) < 4.78 is 2.03. The maximum atomic E-state index is 12.7. The van der Waals surface area contributed by atoms with Crippen molar-refractivity contribution in [1.29, 1.82) is 0 Å². The van der Waals surface area contributed by atoms with Gasteiger partial charge in [-0.2, -0.15) is 0 Å². The molecule has 0 bridgehead atoms. The van der Waals surface area contributed by atoms with Crippen LogP contribution in [-0.2, 0) is 4.79 Å². The van der Waals surface area contributed by atoms with E-state index in [2.05, 4.69) is 25.2 Å². The minimum absolute atomic E-state index is 0.428. The van der Waals surface area contributed by atoms with Gasteiger partial charge in [0.05, 0.1) is 0 Å². The Morgan fingerprint density at radius 1 is 0.885 bits per heavy atom. The second-order valence-electron chi connectivity index (χ2n) is 6.49. The van der Waals surface area contributed by atoms with Crippen LogP contribution in [0.15, 0.2) is 54.6 Å². The van der Waals surface area contributed by atoms with Crippen LogP contribution in [-0.4, -0.2) is 16.3 Å². The van der Waals surface area contributed by atoms with Crippen molar-refractivity contribution < 1.29 is 9.59 Å². The summed E-state index contributed by atoms with van der Waals surface area (Å²) in [6, 6.07) is 16.9. The number of nitrogens with one attached hydrogen (secondary N) is 1. The molecule has 3 aromatic rings. The van der Waals surface area contributed by atoms with Gasteiger partial charge >= 0.3 is 0 Å². The highest BCUT2D eigenvalue weighted by Gasteiger charge is 2.23. The van der Waals surface area contributed by atoms with Crippen LogP contribution < -0.4 is 5.32 Å². The Kier molecular flexibility index (Phi) is 4.76. The molecule has 0 aliphatic rings. The highest BCUT2D eigenvalue weighted by molar-refractivity contribution is 6.46. The van der Waals surface area contributed by atoms with Crippen LogP contribution in [0, 0.1) is 27.7 Å². The van der Waals surface area contributed by atoms with E-state index < -0.39 is 11.7 Å². The Morgan fingerprint density at radius 3 is 2.27 bits per heavy atom. The van der Waals surface area contributed by atoms with Gasteiger partial charge in [-0.1, -0.05) is 30.3 Å². The van der Waals surface area contributed by atoms with Gasteiger partial charge in [0.15, 0.2) is 0 Å². The number of rotatable bonds is 4. The lowest BCUT2D eigenvalue weighted by Gasteiger charge is -2.14. The fourth-order valence-electron chi connectivity index (χ4n) is 3.17. The Balaban J connectivity index is 1.96. The van der Waals surface area contributed by atoms with Gasteiger partial charge in [-0.15, -0.1) is 0 Å². The first-order valence-electron chi connectivity index (χ1n) is 8.56. The van der Waals surface area contributed by atoms with Crippen molar-refractivity contribution in [3.05, 3.63) is 82.7 Å². The van der Waals surface area contributed by atoms with E-state index in [0.29, 0.717) is 11.3 Å². The van der Waals surface area contributed by atoms with Gasteiger partial charge in [0.2, 0.25) is 0 Å². The lowest BCUT2D eigenvalue weighted by atomic mass is 10.1. The summed E-state index contributed by atoms with van der Waals surface area (Å²) in [4.78, 5) is 25.1. The number of anilines is 1. The number of nitrogens with zero attached hydrogens (tertiary/aromatic N) is 1. The van der Waals surface area contributed by atoms with Gasteiger partial charge in [0, 0.05) is 28.3 Å². The predicted molar refractivity (Wildman–Crippen MR) is 104 cm³/mol. The standard InChI is InChI=1S/C22H22N2O2/c1-14-9-8-12-20(16(14)3)24-15(2)13-19(17(24)4)21(25)22(26)23-18-10-6-5-7-11-18/h5-13H,1-4H3,(H,23,26). The molecule has 0 radical (unpaired) electrons. The van der Waals surface area contributed by atoms with Crippen LogP contribution in [0.25, 0.3) is 5.69 Å². The number of para-hydroxylation sites is 1. The van der Waals surface area contributed by atoms with Crippen LogP contribution in [0.4, 0.5) is 5.69 Å². The van der Waals surface area contributed by atoms with E-state index in [1.54, 1.807) is 18.2 Å². The van der Waals surface area contributed by atoms with E-state index in [1.807, 2.05) is 48.7 Å². The number of benzene rings is 2. The monoisotopic (exact) mass is 346 g/mol. The number of amides is 1. The molecule has 1 N–H and O–H groups in total.